The van der Waals surface area contributed by atoms with Crippen LogP contribution in [-0.4, -0.2) is 135 Å². The minimum absolute atomic E-state index is 0.00407. The zero-order valence-corrected chi connectivity index (χ0v) is 82.0. The Labute approximate surface area is 810 Å². The topological polar surface area (TPSA) is 436 Å². The molecule has 0 radical (unpaired) electrons. The average Bonchev–Trinajstić information content (AvgIpc) is 0.764. The number of carbonyl (C=O) groups excluding carboxylic acids is 4. The highest BCUT2D eigenvalue weighted by atomic mass is 32.2. The fourth-order valence-electron chi connectivity index (χ4n) is 14.6. The predicted molar refractivity (Wildman–Crippen MR) is 512 cm³/mol. The molecule has 4 amide bonds. The fourth-order valence-corrected chi connectivity index (χ4v) is 17.9. The van der Waals surface area contributed by atoms with Crippen LogP contribution in [0.1, 0.15) is 172 Å². The summed E-state index contributed by atoms with van der Waals surface area (Å²) in [5.41, 5.74) is 4.32. The zero-order chi connectivity index (χ0) is 101. The molecular formula is C96H105F6N15O16S5. The number of nitrogens with two attached hydrogens (primary N) is 1. The van der Waals surface area contributed by atoms with Gasteiger partial charge >= 0.3 is 0 Å². The molecular weight excluding hydrogens is 1890 g/mol. The van der Waals surface area contributed by atoms with E-state index >= 15 is 0 Å². The predicted octanol–water partition coefficient (Wildman–Crippen LogP) is 13.8. The normalized spacial score (nSPS) is 14.3. The zero-order valence-electron chi connectivity index (χ0n) is 77.9. The van der Waals surface area contributed by atoms with E-state index in [1.54, 1.807) is 92.2 Å². The molecule has 4 aliphatic heterocycles. The van der Waals surface area contributed by atoms with Crippen LogP contribution in [0.25, 0.3) is 0 Å². The molecule has 1 atom stereocenters. The number of amides is 4. The van der Waals surface area contributed by atoms with Crippen LogP contribution in [0.15, 0.2) is 183 Å². The number of aryl methyl sites for hydroxylation is 1. The van der Waals surface area contributed by atoms with Crippen molar-refractivity contribution in [1.82, 2.24) is 59.5 Å². The Morgan fingerprint density at radius 3 is 1.13 bits per heavy atom. The van der Waals surface area contributed by atoms with Crippen molar-refractivity contribution in [1.29, 1.82) is 10.0 Å². The third-order valence-electron chi connectivity index (χ3n) is 21.8. The number of halogens is 6. The second-order valence-electron chi connectivity index (χ2n) is 32.8. The van der Waals surface area contributed by atoms with Gasteiger partial charge in [0.05, 0.1) is 58.2 Å². The van der Waals surface area contributed by atoms with E-state index in [9.17, 15) is 80.0 Å². The number of rotatable bonds is 22. The third-order valence-corrected chi connectivity index (χ3v) is 26.1. The molecule has 4 aromatic heterocycles. The SMILES string of the molecule is CCc1cc(F)ccc1CNC(=O)c1nc2n(c(=O)c1O)CCOC2(C)C.CS(=N)c1cc(F)ccc1CNC(=O)c1nc2n(c(=O)c1O)CCOC2(C)C.CSc1cc(F)ccc1C#N.CSc1cc(F)ccc1CN.CSc1cc(F)ccc1CNC(=O)c1nc2n(c(=O)c1O)CCOC2(C)C.CSc1cc(F)ccc1CNC(=O)c1nc2n(c(=O)c1OCc1ccccc1)CCOC2(C)C. The van der Waals surface area contributed by atoms with Crippen molar-refractivity contribution in [2.75, 3.05) is 57.7 Å². The van der Waals surface area contributed by atoms with Crippen molar-refractivity contribution in [2.45, 2.75) is 181 Å². The largest absolute Gasteiger partial charge is 0.501 e. The maximum atomic E-state index is 13.6. The summed E-state index contributed by atoms with van der Waals surface area (Å²) in [4.78, 5) is 122. The number of nitrogens with one attached hydrogen (secondary N) is 5. The van der Waals surface area contributed by atoms with Gasteiger partial charge in [-0.15, -0.1) is 47.0 Å². The van der Waals surface area contributed by atoms with Crippen LogP contribution in [-0.2, 0) is 124 Å². The first-order chi connectivity index (χ1) is 65.4. The van der Waals surface area contributed by atoms with Crippen molar-refractivity contribution >= 4 is 81.4 Å². The maximum absolute atomic E-state index is 13.6. The second kappa shape index (κ2) is 47.8. The number of nitrogens with zero attached hydrogens (tertiary/aromatic N) is 9. The van der Waals surface area contributed by atoms with Gasteiger partial charge in [0.15, 0.2) is 22.8 Å². The van der Waals surface area contributed by atoms with Crippen LogP contribution < -0.4 is 54.0 Å². The van der Waals surface area contributed by atoms with Gasteiger partial charge in [-0.25, -0.2) is 46.3 Å². The first kappa shape index (κ1) is 108. The van der Waals surface area contributed by atoms with Crippen molar-refractivity contribution in [3.8, 4) is 29.1 Å². The molecule has 0 bridgehead atoms. The molecule has 10 N–H and O–H groups in total. The maximum Gasteiger partial charge on any atom is 0.296 e. The molecule has 0 fully saturated rings. The first-order valence-corrected chi connectivity index (χ1v) is 49.4. The van der Waals surface area contributed by atoms with E-state index in [0.717, 1.165) is 38.3 Å². The molecule has 31 nitrogen and oxygen atoms in total. The van der Waals surface area contributed by atoms with Gasteiger partial charge in [-0.3, -0.25) is 61.4 Å². The Balaban J connectivity index is 0.000000177. The first-order valence-electron chi connectivity index (χ1n) is 42.8. The molecule has 732 valence electrons. The Bertz CT molecular complexity index is 6550. The van der Waals surface area contributed by atoms with Crippen LogP contribution in [0.5, 0.6) is 23.0 Å². The number of hydrogen-bond donors (Lipinski definition) is 9. The van der Waals surface area contributed by atoms with Gasteiger partial charge in [0.25, 0.3) is 45.9 Å². The second-order valence-corrected chi connectivity index (χ2v) is 37.7. The molecule has 42 heteroatoms. The molecule has 0 saturated carbocycles. The monoisotopic (exact) mass is 2000 g/mol. The van der Waals surface area contributed by atoms with Gasteiger partial charge in [0, 0.05) is 57.2 Å². The molecule has 11 aromatic rings. The fraction of sp³-hybridized carbons (Fsp3) is 0.344. The molecule has 0 spiro atoms. The summed E-state index contributed by atoms with van der Waals surface area (Å²) in [7, 11) is -0.956. The number of ether oxygens (including phenoxy) is 5. The van der Waals surface area contributed by atoms with Crippen molar-refractivity contribution in [3.63, 3.8) is 0 Å². The van der Waals surface area contributed by atoms with Crippen LogP contribution in [0, 0.1) is 51.0 Å². The quantitative estimate of drug-likeness (QED) is 0.0225. The lowest BCUT2D eigenvalue weighted by molar-refractivity contribution is -0.0569. The standard InChI is InChI=1S/C25H26FN3O4S.C19H22FN3O4.C18H21FN4O4S.C18H20FN3O4S.C8H10FNS.C8H6FNS/c1-25(2)24-28-20(22(30)27-14-17-9-10-18(26)13-19(17)34-3)21(23(31)29(24)11-12-33-25)32-15-16-7-5-4-6-8-16;1-4-11-9-13(20)6-5-12(11)10-21-16(25)14-15(24)17(26)23-7-8-27-19(2,3)18(23)22-14;1-18(2)17-22-13(14(24)16(26)23(17)6-7-27-18)15(25)21-9-10-4-5-11(19)8-12(10)28(3)20;1-18(2)17-21-13(14(23)16(25)22(17)6-7-26-18)15(24)20-9-10-4-5-11(19)8-12(10)27-3;2*1-11-8-4-7(9)3-2-6(8)5-10/h4-10,13H,11-12,14-15H2,1-3H3,(H,27,30);5-6,9,24H,4,7-8,10H2,1-3H3,(H,21,25);4-5,8,20,24H,6-7,9H2,1-3H3,(H,21,25);4-5,8,23H,6-7,9H2,1-3H3,(H,20,24);2-4H,5,10H2,1H3;2-4H,1H3. The summed E-state index contributed by atoms with van der Waals surface area (Å²) in [6, 6.07) is 37.2. The summed E-state index contributed by atoms with van der Waals surface area (Å²) < 4.78 is 121. The number of fused-ring (bicyclic) bond motifs is 4. The summed E-state index contributed by atoms with van der Waals surface area (Å²) in [5, 5.41) is 49.8. The summed E-state index contributed by atoms with van der Waals surface area (Å²) in [5.74, 6) is -5.69. The van der Waals surface area contributed by atoms with Gasteiger partial charge in [-0.05, 0) is 211 Å². The molecule has 4 aliphatic rings. The minimum Gasteiger partial charge on any atom is -0.501 e. The molecule has 138 heavy (non-hydrogen) atoms. The molecule has 0 aliphatic carbocycles. The van der Waals surface area contributed by atoms with Crippen LogP contribution in [0.2, 0.25) is 0 Å². The molecule has 8 heterocycles. The lowest BCUT2D eigenvalue weighted by Gasteiger charge is -2.32. The van der Waals surface area contributed by atoms with Gasteiger partial charge in [0.1, 0.15) is 93.3 Å². The minimum atomic E-state index is -0.956. The van der Waals surface area contributed by atoms with E-state index in [1.807, 2.05) is 62.1 Å². The Morgan fingerprint density at radius 1 is 0.449 bits per heavy atom. The lowest BCUT2D eigenvalue weighted by atomic mass is 10.0. The third kappa shape index (κ3) is 26.5. The van der Waals surface area contributed by atoms with Gasteiger partial charge < -0.3 is 66.0 Å². The number of thioether (sulfide) groups is 4. The van der Waals surface area contributed by atoms with Crippen LogP contribution >= 0.6 is 47.0 Å². The van der Waals surface area contributed by atoms with Crippen molar-refractivity contribution in [2.24, 2.45) is 5.73 Å². The molecule has 1 unspecified atom stereocenters. The number of nitriles is 1. The van der Waals surface area contributed by atoms with Crippen LogP contribution in [0.3, 0.4) is 0 Å². The van der Waals surface area contributed by atoms with Gasteiger partial charge in [-0.1, -0.05) is 78.3 Å². The number of aromatic hydroxyl groups is 3. The van der Waals surface area contributed by atoms with Gasteiger partial charge in [-0.2, -0.15) is 5.26 Å². The Hall–Kier alpha value is -12.4. The van der Waals surface area contributed by atoms with E-state index < -0.39 is 102 Å². The van der Waals surface area contributed by atoms with Crippen LogP contribution in [0.4, 0.5) is 26.3 Å². The summed E-state index contributed by atoms with van der Waals surface area (Å²) >= 11 is 5.63. The van der Waals surface area contributed by atoms with Crippen molar-refractivity contribution < 1.29 is 84.5 Å². The summed E-state index contributed by atoms with van der Waals surface area (Å²) in [6.45, 7) is 19.3. The van der Waals surface area contributed by atoms with E-state index in [2.05, 4.69) is 41.2 Å². The highest BCUT2D eigenvalue weighted by molar-refractivity contribution is 7.99. The van der Waals surface area contributed by atoms with E-state index in [1.165, 1.54) is 150 Å². The highest BCUT2D eigenvalue weighted by Gasteiger charge is 2.40. The molecule has 0 saturated heterocycles. The lowest BCUT2D eigenvalue weighted by Crippen LogP contribution is -2.43. The Morgan fingerprint density at radius 2 is 0.761 bits per heavy atom. The Kier molecular flexibility index (Phi) is 37.2. The average molecular weight is 2000 g/mol. The number of aromatic nitrogens is 8. The molecule has 15 rings (SSSR count). The van der Waals surface area contributed by atoms with Gasteiger partial charge in [0.2, 0.25) is 23.0 Å². The van der Waals surface area contributed by atoms with Crippen molar-refractivity contribution in [3.05, 3.63) is 306 Å². The molecule has 7 aromatic carbocycles. The van der Waals surface area contributed by atoms with E-state index in [4.69, 9.17) is 39.5 Å². The van der Waals surface area contributed by atoms with E-state index in [-0.39, 0.29) is 128 Å². The number of hydrogen-bond acceptors (Lipinski definition) is 27. The summed E-state index contributed by atoms with van der Waals surface area (Å²) in [6.07, 6.45) is 9.60. The number of benzene rings is 7. The van der Waals surface area contributed by atoms with E-state index in [0.29, 0.717) is 82.5 Å². The number of carbonyl (C=O) groups is 4. The smallest absolute Gasteiger partial charge is 0.296 e. The highest BCUT2D eigenvalue weighted by Crippen LogP contribution is 2.35.